The highest BCUT2D eigenvalue weighted by Gasteiger charge is 2.23. The van der Waals surface area contributed by atoms with Gasteiger partial charge in [0.1, 0.15) is 0 Å². The van der Waals surface area contributed by atoms with Gasteiger partial charge in [0.2, 0.25) is 5.91 Å². The number of carbonyl (C=O) groups excluding carboxylic acids is 1. The minimum Gasteiger partial charge on any atom is -0.368 e. The molecule has 0 unspecified atom stereocenters. The summed E-state index contributed by atoms with van der Waals surface area (Å²) in [7, 11) is 0. The van der Waals surface area contributed by atoms with Crippen LogP contribution in [0.3, 0.4) is 0 Å². The fourth-order valence-corrected chi connectivity index (χ4v) is 1.19. The number of amides is 1. The van der Waals surface area contributed by atoms with Gasteiger partial charge in [-0.3, -0.25) is 10.1 Å². The van der Waals surface area contributed by atoms with Gasteiger partial charge in [0.15, 0.2) is 0 Å². The number of hydrogen-bond acceptors (Lipinski definition) is 2. The molecule has 0 aliphatic carbocycles. The zero-order chi connectivity index (χ0) is 12.2. The highest BCUT2D eigenvalue weighted by molar-refractivity contribution is 5.84. The van der Waals surface area contributed by atoms with E-state index in [4.69, 9.17) is 5.73 Å². The first kappa shape index (κ1) is 12.5. The number of nitrogens with one attached hydrogen (secondary N) is 1. The molecule has 86 valence electrons. The quantitative estimate of drug-likeness (QED) is 0.788. The Morgan fingerprint density at radius 3 is 2.44 bits per heavy atom. The van der Waals surface area contributed by atoms with Crippen LogP contribution in [0, 0.1) is 0 Å². The molecule has 3 nitrogen and oxygen atoms in total. The van der Waals surface area contributed by atoms with Crippen LogP contribution in [-0.4, -0.2) is 18.0 Å². The molecule has 0 spiro atoms. The van der Waals surface area contributed by atoms with Crippen molar-refractivity contribution in [2.24, 2.45) is 5.73 Å². The summed E-state index contributed by atoms with van der Waals surface area (Å²) in [6, 6.07) is 9.85. The molecule has 0 fully saturated rings. The molecule has 3 heteroatoms. The van der Waals surface area contributed by atoms with Crippen molar-refractivity contribution < 1.29 is 4.79 Å². The van der Waals surface area contributed by atoms with Crippen LogP contribution in [-0.2, 0) is 4.79 Å². The highest BCUT2D eigenvalue weighted by Crippen LogP contribution is 2.11. The maximum Gasteiger partial charge on any atom is 0.237 e. The minimum atomic E-state index is -0.711. The third-order valence-corrected chi connectivity index (χ3v) is 2.54. The molecule has 1 aromatic rings. The van der Waals surface area contributed by atoms with Crippen LogP contribution in [0.4, 0.5) is 0 Å². The SMILES string of the molecule is C=C(CNC(C)(C)C(N)=O)c1ccccc1. The molecule has 0 saturated heterocycles. The Hall–Kier alpha value is -1.61. The summed E-state index contributed by atoms with van der Waals surface area (Å²) in [5.74, 6) is -0.367. The second kappa shape index (κ2) is 4.94. The van der Waals surface area contributed by atoms with Crippen molar-refractivity contribution in [3.63, 3.8) is 0 Å². The van der Waals surface area contributed by atoms with E-state index in [2.05, 4.69) is 11.9 Å². The van der Waals surface area contributed by atoms with E-state index in [0.717, 1.165) is 11.1 Å². The zero-order valence-electron chi connectivity index (χ0n) is 9.79. The Bertz CT molecular complexity index is 382. The predicted octanol–water partition coefficient (Wildman–Crippen LogP) is 1.55. The van der Waals surface area contributed by atoms with E-state index >= 15 is 0 Å². The Balaban J connectivity index is 2.58. The fourth-order valence-electron chi connectivity index (χ4n) is 1.19. The lowest BCUT2D eigenvalue weighted by Gasteiger charge is -2.23. The second-order valence-electron chi connectivity index (χ2n) is 4.31. The lowest BCUT2D eigenvalue weighted by molar-refractivity contribution is -0.123. The number of hydrogen-bond donors (Lipinski definition) is 2. The van der Waals surface area contributed by atoms with Crippen molar-refractivity contribution in [2.45, 2.75) is 19.4 Å². The minimum absolute atomic E-state index is 0.367. The molecule has 0 bridgehead atoms. The molecule has 0 radical (unpaired) electrons. The first-order valence-corrected chi connectivity index (χ1v) is 5.21. The van der Waals surface area contributed by atoms with E-state index in [9.17, 15) is 4.79 Å². The van der Waals surface area contributed by atoms with Gasteiger partial charge < -0.3 is 5.73 Å². The van der Waals surface area contributed by atoms with Crippen molar-refractivity contribution in [3.05, 3.63) is 42.5 Å². The standard InChI is InChI=1S/C13H18N2O/c1-10(11-7-5-4-6-8-11)9-15-13(2,3)12(14)16/h4-8,15H,1,9H2,2-3H3,(H2,14,16). The third-order valence-electron chi connectivity index (χ3n) is 2.54. The Labute approximate surface area is 96.3 Å². The molecule has 1 aromatic carbocycles. The number of benzene rings is 1. The van der Waals surface area contributed by atoms with Gasteiger partial charge in [-0.2, -0.15) is 0 Å². The molecule has 0 atom stereocenters. The van der Waals surface area contributed by atoms with Crippen LogP contribution in [0.25, 0.3) is 5.57 Å². The number of nitrogens with two attached hydrogens (primary N) is 1. The number of carbonyl (C=O) groups is 1. The molecule has 16 heavy (non-hydrogen) atoms. The average Bonchev–Trinajstić information content (AvgIpc) is 2.27. The maximum absolute atomic E-state index is 11.1. The fraction of sp³-hybridized carbons (Fsp3) is 0.308. The number of rotatable bonds is 5. The predicted molar refractivity (Wildman–Crippen MR) is 66.8 cm³/mol. The van der Waals surface area contributed by atoms with Crippen LogP contribution in [0.2, 0.25) is 0 Å². The van der Waals surface area contributed by atoms with Gasteiger partial charge in [0.05, 0.1) is 5.54 Å². The summed E-state index contributed by atoms with van der Waals surface area (Å²) in [6.45, 7) is 8.03. The van der Waals surface area contributed by atoms with Gasteiger partial charge in [-0.15, -0.1) is 0 Å². The van der Waals surface area contributed by atoms with E-state index in [1.54, 1.807) is 13.8 Å². The Kier molecular flexibility index (Phi) is 3.85. The van der Waals surface area contributed by atoms with Gasteiger partial charge in [0.25, 0.3) is 0 Å². The normalized spacial score (nSPS) is 11.1. The molecule has 1 rings (SSSR count). The first-order valence-electron chi connectivity index (χ1n) is 5.21. The van der Waals surface area contributed by atoms with Gasteiger partial charge >= 0.3 is 0 Å². The van der Waals surface area contributed by atoms with Crippen molar-refractivity contribution in [2.75, 3.05) is 6.54 Å². The highest BCUT2D eigenvalue weighted by atomic mass is 16.1. The van der Waals surface area contributed by atoms with Crippen molar-refractivity contribution >= 4 is 11.5 Å². The van der Waals surface area contributed by atoms with Crippen molar-refractivity contribution in [3.8, 4) is 0 Å². The van der Waals surface area contributed by atoms with Crippen LogP contribution in [0.1, 0.15) is 19.4 Å². The van der Waals surface area contributed by atoms with Crippen LogP contribution < -0.4 is 11.1 Å². The summed E-state index contributed by atoms with van der Waals surface area (Å²) in [4.78, 5) is 11.1. The Morgan fingerprint density at radius 1 is 1.38 bits per heavy atom. The van der Waals surface area contributed by atoms with Gasteiger partial charge in [-0.1, -0.05) is 36.9 Å². The molecule has 0 aliphatic heterocycles. The summed E-state index contributed by atoms with van der Waals surface area (Å²) in [5, 5.41) is 3.08. The van der Waals surface area contributed by atoms with Gasteiger partial charge in [0, 0.05) is 6.54 Å². The molecule has 0 saturated carbocycles. The maximum atomic E-state index is 11.1. The van der Waals surface area contributed by atoms with E-state index < -0.39 is 5.54 Å². The molecule has 1 amide bonds. The lowest BCUT2D eigenvalue weighted by Crippen LogP contribution is -2.50. The molecule has 0 heterocycles. The smallest absolute Gasteiger partial charge is 0.237 e. The number of primary amides is 1. The Morgan fingerprint density at radius 2 is 1.94 bits per heavy atom. The van der Waals surface area contributed by atoms with E-state index in [0.29, 0.717) is 6.54 Å². The van der Waals surface area contributed by atoms with Crippen LogP contribution >= 0.6 is 0 Å². The largest absolute Gasteiger partial charge is 0.368 e. The summed E-state index contributed by atoms with van der Waals surface area (Å²) in [6.07, 6.45) is 0. The second-order valence-corrected chi connectivity index (χ2v) is 4.31. The lowest BCUT2D eigenvalue weighted by atomic mass is 10.0. The molecular formula is C13H18N2O. The molecule has 0 aromatic heterocycles. The third kappa shape index (κ3) is 3.21. The zero-order valence-corrected chi connectivity index (χ0v) is 9.79. The van der Waals surface area contributed by atoms with E-state index in [1.807, 2.05) is 30.3 Å². The van der Waals surface area contributed by atoms with Gasteiger partial charge in [-0.05, 0) is 25.0 Å². The molecular weight excluding hydrogens is 200 g/mol. The van der Waals surface area contributed by atoms with E-state index in [1.165, 1.54) is 0 Å². The van der Waals surface area contributed by atoms with Crippen molar-refractivity contribution in [1.29, 1.82) is 0 Å². The molecule has 0 aliphatic rings. The van der Waals surface area contributed by atoms with Crippen molar-refractivity contribution in [1.82, 2.24) is 5.32 Å². The summed E-state index contributed by atoms with van der Waals surface area (Å²) < 4.78 is 0. The average molecular weight is 218 g/mol. The van der Waals surface area contributed by atoms with Crippen LogP contribution in [0.5, 0.6) is 0 Å². The van der Waals surface area contributed by atoms with Gasteiger partial charge in [-0.25, -0.2) is 0 Å². The monoisotopic (exact) mass is 218 g/mol. The topological polar surface area (TPSA) is 55.1 Å². The van der Waals surface area contributed by atoms with Crippen LogP contribution in [0.15, 0.2) is 36.9 Å². The van der Waals surface area contributed by atoms with E-state index in [-0.39, 0.29) is 5.91 Å². The summed E-state index contributed by atoms with van der Waals surface area (Å²) >= 11 is 0. The summed E-state index contributed by atoms with van der Waals surface area (Å²) in [5.41, 5.74) is 6.56. The first-order chi connectivity index (χ1) is 7.43. The molecule has 3 N–H and O–H groups in total.